The van der Waals surface area contributed by atoms with Crippen molar-refractivity contribution >= 4 is 0 Å². The van der Waals surface area contributed by atoms with E-state index in [1.165, 1.54) is 0 Å². The molecule has 2 aliphatic rings. The molecule has 0 aromatic carbocycles. The van der Waals surface area contributed by atoms with Gasteiger partial charge in [-0.25, -0.2) is 0 Å². The molecule has 0 aromatic heterocycles. The molecule has 2 rings (SSSR count). The van der Waals surface area contributed by atoms with Crippen LogP contribution < -0.4 is 0 Å². The third kappa shape index (κ3) is 0.359. The van der Waals surface area contributed by atoms with Crippen molar-refractivity contribution < 1.29 is 9.84 Å². The summed E-state index contributed by atoms with van der Waals surface area (Å²) < 4.78 is 5.02. The molecular formula is C5H8O2. The van der Waals surface area contributed by atoms with Crippen LogP contribution in [0.2, 0.25) is 0 Å². The SMILES string of the molecule is OC1C2COC[C@@H]12. The first-order valence-electron chi connectivity index (χ1n) is 2.65. The Balaban J connectivity index is 2.06. The Hall–Kier alpha value is -0.0800. The van der Waals surface area contributed by atoms with Gasteiger partial charge < -0.3 is 9.84 Å². The number of fused-ring (bicyclic) bond motifs is 1. The first kappa shape index (κ1) is 3.87. The van der Waals surface area contributed by atoms with Gasteiger partial charge in [-0.3, -0.25) is 0 Å². The zero-order valence-electron chi connectivity index (χ0n) is 4.00. The van der Waals surface area contributed by atoms with E-state index in [4.69, 9.17) is 9.84 Å². The lowest BCUT2D eigenvalue weighted by molar-refractivity contribution is 0.110. The molecule has 2 unspecified atom stereocenters. The molecule has 1 N–H and O–H groups in total. The van der Waals surface area contributed by atoms with Crippen LogP contribution in [0.25, 0.3) is 0 Å². The monoisotopic (exact) mass is 100 g/mol. The molecule has 1 saturated heterocycles. The summed E-state index contributed by atoms with van der Waals surface area (Å²) in [5.41, 5.74) is 0. The van der Waals surface area contributed by atoms with E-state index < -0.39 is 0 Å². The van der Waals surface area contributed by atoms with Crippen LogP contribution in [-0.4, -0.2) is 24.4 Å². The van der Waals surface area contributed by atoms with Crippen LogP contribution in [0, 0.1) is 11.8 Å². The fourth-order valence-corrected chi connectivity index (χ4v) is 1.21. The number of hydrogen-bond acceptors (Lipinski definition) is 2. The second-order valence-corrected chi connectivity index (χ2v) is 2.36. The highest BCUT2D eigenvalue weighted by Crippen LogP contribution is 2.43. The zero-order valence-corrected chi connectivity index (χ0v) is 4.00. The molecule has 1 aliphatic carbocycles. The first-order valence-corrected chi connectivity index (χ1v) is 2.65. The second kappa shape index (κ2) is 1.01. The molecule has 0 aromatic rings. The van der Waals surface area contributed by atoms with Gasteiger partial charge in [0.1, 0.15) is 0 Å². The second-order valence-electron chi connectivity index (χ2n) is 2.36. The van der Waals surface area contributed by atoms with Gasteiger partial charge in [0.25, 0.3) is 0 Å². The largest absolute Gasteiger partial charge is 0.392 e. The topological polar surface area (TPSA) is 29.5 Å². The Morgan fingerprint density at radius 3 is 2.14 bits per heavy atom. The van der Waals surface area contributed by atoms with E-state index in [0.29, 0.717) is 11.8 Å². The van der Waals surface area contributed by atoms with E-state index in [9.17, 15) is 0 Å². The predicted molar refractivity (Wildman–Crippen MR) is 23.8 cm³/mol. The summed E-state index contributed by atoms with van der Waals surface area (Å²) in [6, 6.07) is 0. The van der Waals surface area contributed by atoms with Crippen molar-refractivity contribution in [2.45, 2.75) is 6.10 Å². The molecule has 0 bridgehead atoms. The van der Waals surface area contributed by atoms with Crippen molar-refractivity contribution in [1.29, 1.82) is 0 Å². The maximum Gasteiger partial charge on any atom is 0.0649 e. The Morgan fingerprint density at radius 2 is 1.86 bits per heavy atom. The van der Waals surface area contributed by atoms with E-state index in [1.807, 2.05) is 0 Å². The van der Waals surface area contributed by atoms with Crippen molar-refractivity contribution in [2.75, 3.05) is 13.2 Å². The molecule has 3 atom stereocenters. The quantitative estimate of drug-likeness (QED) is 0.449. The number of hydrogen-bond donors (Lipinski definition) is 1. The average Bonchev–Trinajstić information content (AvgIpc) is 2.26. The lowest BCUT2D eigenvalue weighted by Gasteiger charge is -1.93. The third-order valence-corrected chi connectivity index (χ3v) is 1.91. The molecule has 0 spiro atoms. The van der Waals surface area contributed by atoms with Crippen LogP contribution >= 0.6 is 0 Å². The normalized spacial score (nSPS) is 57.0. The van der Waals surface area contributed by atoms with Crippen LogP contribution in [0.1, 0.15) is 0 Å². The molecule has 0 amide bonds. The van der Waals surface area contributed by atoms with Gasteiger partial charge in [0, 0.05) is 11.8 Å². The van der Waals surface area contributed by atoms with E-state index in [2.05, 4.69) is 0 Å². The summed E-state index contributed by atoms with van der Waals surface area (Å²) in [5.74, 6) is 1.03. The highest BCUT2D eigenvalue weighted by molar-refractivity contribution is 5.00. The van der Waals surface area contributed by atoms with Crippen LogP contribution in [0.5, 0.6) is 0 Å². The van der Waals surface area contributed by atoms with Gasteiger partial charge in [-0.15, -0.1) is 0 Å². The summed E-state index contributed by atoms with van der Waals surface area (Å²) in [6.45, 7) is 1.59. The molecule has 1 heterocycles. The number of aliphatic hydroxyl groups excluding tert-OH is 1. The first-order chi connectivity index (χ1) is 3.39. The van der Waals surface area contributed by atoms with Gasteiger partial charge >= 0.3 is 0 Å². The number of rotatable bonds is 0. The maximum atomic E-state index is 8.87. The molecule has 40 valence electrons. The van der Waals surface area contributed by atoms with Crippen LogP contribution in [-0.2, 0) is 4.74 Å². The van der Waals surface area contributed by atoms with E-state index in [-0.39, 0.29) is 6.10 Å². The van der Waals surface area contributed by atoms with Crippen molar-refractivity contribution in [2.24, 2.45) is 11.8 Å². The number of aliphatic hydroxyl groups is 1. The zero-order chi connectivity index (χ0) is 4.85. The minimum Gasteiger partial charge on any atom is -0.392 e. The van der Waals surface area contributed by atoms with Crippen LogP contribution in [0.15, 0.2) is 0 Å². The lowest BCUT2D eigenvalue weighted by atomic mass is 10.4. The van der Waals surface area contributed by atoms with Crippen LogP contribution in [0.4, 0.5) is 0 Å². The standard InChI is InChI=1S/C5H8O2/c6-5-3-1-7-2-4(3)5/h3-6H,1-2H2/t3-,4?,5?/m1/s1. The summed E-state index contributed by atoms with van der Waals surface area (Å²) in [7, 11) is 0. The molecule has 1 aliphatic heterocycles. The molecule has 7 heavy (non-hydrogen) atoms. The lowest BCUT2D eigenvalue weighted by Crippen LogP contribution is -1.99. The predicted octanol–water partition coefficient (Wildman–Crippen LogP) is -0.377. The smallest absolute Gasteiger partial charge is 0.0649 e. The summed E-state index contributed by atoms with van der Waals surface area (Å²) in [6.07, 6.45) is -0.00579. The highest BCUT2D eigenvalue weighted by atomic mass is 16.5. The minimum atomic E-state index is -0.00579. The van der Waals surface area contributed by atoms with E-state index >= 15 is 0 Å². The van der Waals surface area contributed by atoms with Gasteiger partial charge in [-0.2, -0.15) is 0 Å². The van der Waals surface area contributed by atoms with Crippen LogP contribution in [0.3, 0.4) is 0 Å². The Morgan fingerprint density at radius 1 is 1.29 bits per heavy atom. The molecule has 2 nitrogen and oxygen atoms in total. The molecule has 2 heteroatoms. The molecule has 2 fully saturated rings. The molecular weight excluding hydrogens is 92.1 g/mol. The maximum absolute atomic E-state index is 8.87. The summed E-state index contributed by atoms with van der Waals surface area (Å²) >= 11 is 0. The fraction of sp³-hybridized carbons (Fsp3) is 1.00. The van der Waals surface area contributed by atoms with Crippen molar-refractivity contribution in [3.8, 4) is 0 Å². The van der Waals surface area contributed by atoms with Gasteiger partial charge in [-0.1, -0.05) is 0 Å². The van der Waals surface area contributed by atoms with Crippen molar-refractivity contribution in [3.05, 3.63) is 0 Å². The molecule has 1 saturated carbocycles. The Labute approximate surface area is 42.1 Å². The highest BCUT2D eigenvalue weighted by Gasteiger charge is 2.53. The van der Waals surface area contributed by atoms with Gasteiger partial charge in [0.15, 0.2) is 0 Å². The van der Waals surface area contributed by atoms with Crippen molar-refractivity contribution in [3.63, 3.8) is 0 Å². The summed E-state index contributed by atoms with van der Waals surface area (Å²) in [4.78, 5) is 0. The minimum absolute atomic E-state index is 0.00579. The Bertz CT molecular complexity index is 82.1. The van der Waals surface area contributed by atoms with Gasteiger partial charge in [-0.05, 0) is 0 Å². The average molecular weight is 100 g/mol. The Kier molecular flexibility index (Phi) is 0.557. The molecule has 0 radical (unpaired) electrons. The van der Waals surface area contributed by atoms with E-state index in [1.54, 1.807) is 0 Å². The van der Waals surface area contributed by atoms with Crippen molar-refractivity contribution in [1.82, 2.24) is 0 Å². The van der Waals surface area contributed by atoms with E-state index in [0.717, 1.165) is 13.2 Å². The van der Waals surface area contributed by atoms with Gasteiger partial charge in [0.05, 0.1) is 19.3 Å². The van der Waals surface area contributed by atoms with Gasteiger partial charge in [0.2, 0.25) is 0 Å². The fourth-order valence-electron chi connectivity index (χ4n) is 1.21. The summed E-state index contributed by atoms with van der Waals surface area (Å²) in [5, 5.41) is 8.87. The third-order valence-electron chi connectivity index (χ3n) is 1.91. The number of ether oxygens (including phenoxy) is 1.